The van der Waals surface area contributed by atoms with Gasteiger partial charge in [0.25, 0.3) is 0 Å². The molecule has 1 amide bonds. The lowest BCUT2D eigenvalue weighted by atomic mass is 10.1. The minimum absolute atomic E-state index is 0.0148. The summed E-state index contributed by atoms with van der Waals surface area (Å²) in [6.07, 6.45) is 8.96. The Morgan fingerprint density at radius 1 is 1.30 bits per heavy atom. The number of aromatic nitrogens is 2. The highest BCUT2D eigenvalue weighted by Gasteiger charge is 2.15. The lowest BCUT2D eigenvalue weighted by Gasteiger charge is -2.19. The van der Waals surface area contributed by atoms with Gasteiger partial charge in [-0.05, 0) is 26.0 Å². The molecule has 0 saturated heterocycles. The van der Waals surface area contributed by atoms with Gasteiger partial charge in [0.2, 0.25) is 5.91 Å². The van der Waals surface area contributed by atoms with Crippen LogP contribution in [-0.2, 0) is 11.4 Å². The Balaban J connectivity index is 1.93. The zero-order chi connectivity index (χ0) is 24.0. The summed E-state index contributed by atoms with van der Waals surface area (Å²) in [5.74, 6) is 0.957. The Hall–Kier alpha value is -3.03. The maximum Gasteiger partial charge on any atom is 0.232 e. The Morgan fingerprint density at radius 3 is 2.79 bits per heavy atom. The van der Waals surface area contributed by atoms with Crippen LogP contribution in [0, 0.1) is 6.92 Å². The summed E-state index contributed by atoms with van der Waals surface area (Å²) in [5, 5.41) is 1.44. The number of hydrogen-bond donors (Lipinski definition) is 0. The number of para-hydroxylation sites is 1. The van der Waals surface area contributed by atoms with Gasteiger partial charge in [-0.15, -0.1) is 11.8 Å². The predicted molar refractivity (Wildman–Crippen MR) is 137 cm³/mol. The van der Waals surface area contributed by atoms with E-state index in [0.717, 1.165) is 32.7 Å². The van der Waals surface area contributed by atoms with Crippen LogP contribution in [0.2, 0.25) is 5.02 Å². The van der Waals surface area contributed by atoms with Gasteiger partial charge in [-0.1, -0.05) is 36.4 Å². The van der Waals surface area contributed by atoms with E-state index in [2.05, 4.69) is 11.6 Å². The second kappa shape index (κ2) is 11.2. The van der Waals surface area contributed by atoms with Crippen LogP contribution in [0.4, 0.5) is 5.69 Å². The SMILES string of the molecule is C=CN(/C=C\C)c1cc(C)nc2c(OCc3c(Cl)cncc3SCC(=O)N(C)C)cccc12. The molecule has 33 heavy (non-hydrogen) atoms. The van der Waals surface area contributed by atoms with Crippen LogP contribution in [0.15, 0.2) is 66.6 Å². The lowest BCUT2D eigenvalue weighted by Crippen LogP contribution is -2.23. The van der Waals surface area contributed by atoms with Crippen molar-refractivity contribution in [1.82, 2.24) is 14.9 Å². The van der Waals surface area contributed by atoms with Crippen molar-refractivity contribution >= 4 is 45.9 Å². The molecule has 3 aromatic rings. The molecule has 0 aliphatic heterocycles. The number of pyridine rings is 2. The average molecular weight is 483 g/mol. The number of halogens is 1. The molecule has 0 bridgehead atoms. The Bertz CT molecular complexity index is 1200. The number of carbonyl (C=O) groups excluding carboxylic acids is 1. The van der Waals surface area contributed by atoms with E-state index in [0.29, 0.717) is 16.5 Å². The molecule has 6 nitrogen and oxygen atoms in total. The number of ether oxygens (including phenoxy) is 1. The number of carbonyl (C=O) groups is 1. The van der Waals surface area contributed by atoms with Crippen molar-refractivity contribution in [2.24, 2.45) is 0 Å². The molecule has 172 valence electrons. The molecule has 0 atom stereocenters. The van der Waals surface area contributed by atoms with E-state index in [-0.39, 0.29) is 12.5 Å². The largest absolute Gasteiger partial charge is 0.487 e. The Morgan fingerprint density at radius 2 is 2.09 bits per heavy atom. The molecule has 0 spiro atoms. The molecular weight excluding hydrogens is 456 g/mol. The molecule has 8 heteroatoms. The summed E-state index contributed by atoms with van der Waals surface area (Å²) in [7, 11) is 3.47. The van der Waals surface area contributed by atoms with Gasteiger partial charge in [0, 0.05) is 60.4 Å². The summed E-state index contributed by atoms with van der Waals surface area (Å²) in [6.45, 7) is 8.06. The number of fused-ring (bicyclic) bond motifs is 1. The second-order valence-electron chi connectivity index (χ2n) is 7.47. The minimum atomic E-state index is 0.0148. The van der Waals surface area contributed by atoms with Crippen molar-refractivity contribution in [2.45, 2.75) is 25.3 Å². The smallest absolute Gasteiger partial charge is 0.232 e. The number of amides is 1. The lowest BCUT2D eigenvalue weighted by molar-refractivity contribution is -0.125. The van der Waals surface area contributed by atoms with Crippen LogP contribution in [-0.4, -0.2) is 40.6 Å². The van der Waals surface area contributed by atoms with Gasteiger partial charge in [0.15, 0.2) is 0 Å². The molecule has 2 aromatic heterocycles. The summed E-state index contributed by atoms with van der Waals surface area (Å²) in [5.41, 5.74) is 3.38. The van der Waals surface area contributed by atoms with E-state index in [9.17, 15) is 4.79 Å². The fourth-order valence-electron chi connectivity index (χ4n) is 3.19. The highest BCUT2D eigenvalue weighted by atomic mass is 35.5. The highest BCUT2D eigenvalue weighted by Crippen LogP contribution is 2.34. The first-order valence-corrected chi connectivity index (χ1v) is 11.7. The molecule has 1 aromatic carbocycles. The molecule has 0 aliphatic rings. The van der Waals surface area contributed by atoms with E-state index >= 15 is 0 Å². The summed E-state index contributed by atoms with van der Waals surface area (Å²) >= 11 is 7.84. The minimum Gasteiger partial charge on any atom is -0.487 e. The summed E-state index contributed by atoms with van der Waals surface area (Å²) in [4.78, 5) is 25.3. The first kappa shape index (κ1) is 24.6. The number of thioether (sulfide) groups is 1. The predicted octanol–water partition coefficient (Wildman–Crippen LogP) is 5.83. The van der Waals surface area contributed by atoms with Gasteiger partial charge in [0.1, 0.15) is 17.9 Å². The second-order valence-corrected chi connectivity index (χ2v) is 8.90. The van der Waals surface area contributed by atoms with E-state index in [1.54, 1.807) is 37.6 Å². The molecule has 2 heterocycles. The average Bonchev–Trinajstić information content (AvgIpc) is 2.79. The first-order chi connectivity index (χ1) is 15.8. The molecule has 0 N–H and O–H groups in total. The monoisotopic (exact) mass is 482 g/mol. The van der Waals surface area contributed by atoms with Gasteiger partial charge in [-0.2, -0.15) is 0 Å². The number of nitrogens with zero attached hydrogens (tertiary/aromatic N) is 4. The normalized spacial score (nSPS) is 11.1. The number of rotatable bonds is 9. The van der Waals surface area contributed by atoms with E-state index < -0.39 is 0 Å². The van der Waals surface area contributed by atoms with E-state index in [1.165, 1.54) is 11.8 Å². The van der Waals surface area contributed by atoms with E-state index in [4.69, 9.17) is 21.3 Å². The van der Waals surface area contributed by atoms with Crippen LogP contribution >= 0.6 is 23.4 Å². The summed E-state index contributed by atoms with van der Waals surface area (Å²) < 4.78 is 6.22. The number of hydrogen-bond acceptors (Lipinski definition) is 6. The van der Waals surface area contributed by atoms with Crippen molar-refractivity contribution in [3.05, 3.63) is 78.0 Å². The van der Waals surface area contributed by atoms with Gasteiger partial charge in [0.05, 0.1) is 16.5 Å². The van der Waals surface area contributed by atoms with Crippen molar-refractivity contribution in [2.75, 3.05) is 24.7 Å². The number of anilines is 1. The van der Waals surface area contributed by atoms with Crippen molar-refractivity contribution in [1.29, 1.82) is 0 Å². The third-order valence-corrected chi connectivity index (χ3v) is 6.26. The van der Waals surface area contributed by atoms with E-state index in [1.807, 2.05) is 55.3 Å². The third-order valence-electron chi connectivity index (χ3n) is 4.88. The maximum atomic E-state index is 12.0. The van der Waals surface area contributed by atoms with Crippen LogP contribution in [0.5, 0.6) is 5.75 Å². The van der Waals surface area contributed by atoms with Crippen molar-refractivity contribution in [3.63, 3.8) is 0 Å². The van der Waals surface area contributed by atoms with Crippen LogP contribution < -0.4 is 9.64 Å². The molecule has 0 unspecified atom stereocenters. The van der Waals surface area contributed by atoms with Gasteiger partial charge in [-0.25, -0.2) is 4.98 Å². The van der Waals surface area contributed by atoms with Gasteiger partial charge < -0.3 is 14.5 Å². The fourth-order valence-corrected chi connectivity index (χ4v) is 4.47. The van der Waals surface area contributed by atoms with Gasteiger partial charge in [-0.3, -0.25) is 9.78 Å². The standard InChI is InChI=1S/C25H27ClN4O2S/c1-6-11-30(7-2)21-12-17(3)28-25-18(21)9-8-10-22(25)32-15-19-20(26)13-27-14-23(19)33-16-24(31)29(4)5/h6-14H,2,15-16H2,1,3-5H3/b11-6-. The zero-order valence-corrected chi connectivity index (χ0v) is 20.8. The molecule has 0 saturated carbocycles. The van der Waals surface area contributed by atoms with Crippen LogP contribution in [0.1, 0.15) is 18.2 Å². The summed E-state index contributed by atoms with van der Waals surface area (Å²) in [6, 6.07) is 7.86. The number of allylic oxidation sites excluding steroid dienone is 1. The van der Waals surface area contributed by atoms with Crippen LogP contribution in [0.25, 0.3) is 10.9 Å². The number of benzene rings is 1. The topological polar surface area (TPSA) is 58.6 Å². The third kappa shape index (κ3) is 5.86. The quantitative estimate of drug-likeness (QED) is 0.357. The van der Waals surface area contributed by atoms with Crippen LogP contribution in [0.3, 0.4) is 0 Å². The Kier molecular flexibility index (Phi) is 8.36. The fraction of sp³-hybridized carbons (Fsp3) is 0.240. The molecule has 3 rings (SSSR count). The molecule has 0 aliphatic carbocycles. The zero-order valence-electron chi connectivity index (χ0n) is 19.2. The van der Waals surface area contributed by atoms with Crippen molar-refractivity contribution in [3.8, 4) is 5.75 Å². The van der Waals surface area contributed by atoms with Crippen molar-refractivity contribution < 1.29 is 9.53 Å². The molecular formula is C25H27ClN4O2S. The first-order valence-electron chi connectivity index (χ1n) is 10.4. The van der Waals surface area contributed by atoms with Gasteiger partial charge >= 0.3 is 0 Å². The molecule has 0 radical (unpaired) electrons. The highest BCUT2D eigenvalue weighted by molar-refractivity contribution is 8.00. The molecule has 0 fully saturated rings. The number of aryl methyl sites for hydroxylation is 1. The maximum absolute atomic E-state index is 12.0. The Labute approximate surface area is 203 Å².